The average Bonchev–Trinajstić information content (AvgIpc) is 2.66. The first kappa shape index (κ1) is 11.3. The summed E-state index contributed by atoms with van der Waals surface area (Å²) in [5.74, 6) is 0. The van der Waals surface area contributed by atoms with Gasteiger partial charge in [-0.05, 0) is 38.0 Å². The molecule has 0 aromatic heterocycles. The SMILES string of the molecule is CCC(C)[SiH2]C(CC)N1CCCC1. The molecule has 13 heavy (non-hydrogen) atoms. The molecule has 0 spiro atoms. The molecule has 1 saturated heterocycles. The summed E-state index contributed by atoms with van der Waals surface area (Å²) in [7, 11) is 0.146. The minimum atomic E-state index is 0.146. The first-order chi connectivity index (χ1) is 6.27. The van der Waals surface area contributed by atoms with Crippen molar-refractivity contribution in [3.63, 3.8) is 0 Å². The summed E-state index contributed by atoms with van der Waals surface area (Å²) in [5.41, 5.74) is 2.06. The van der Waals surface area contributed by atoms with Gasteiger partial charge in [-0.25, -0.2) is 0 Å². The molecule has 0 amide bonds. The standard InChI is InChI=1S/C11H25NSi/c1-4-10(3)13-11(5-2)12-8-6-7-9-12/h10-11H,4-9,13H2,1-3H3. The molecule has 1 heterocycles. The van der Waals surface area contributed by atoms with Crippen LogP contribution < -0.4 is 0 Å². The normalized spacial score (nSPS) is 24.2. The highest BCUT2D eigenvalue weighted by Crippen LogP contribution is 2.18. The monoisotopic (exact) mass is 199 g/mol. The van der Waals surface area contributed by atoms with E-state index in [0.29, 0.717) is 0 Å². The fourth-order valence-electron chi connectivity index (χ4n) is 2.31. The van der Waals surface area contributed by atoms with Gasteiger partial charge in [0.05, 0.1) is 0 Å². The zero-order valence-corrected chi connectivity index (χ0v) is 11.0. The van der Waals surface area contributed by atoms with Crippen LogP contribution in [0.2, 0.25) is 5.54 Å². The lowest BCUT2D eigenvalue weighted by atomic mass is 10.4. The summed E-state index contributed by atoms with van der Waals surface area (Å²) in [4.78, 5) is 2.76. The Morgan fingerprint density at radius 2 is 1.77 bits per heavy atom. The summed E-state index contributed by atoms with van der Waals surface area (Å²) in [6.07, 6.45) is 5.70. The summed E-state index contributed by atoms with van der Waals surface area (Å²) in [6, 6.07) is 0. The van der Waals surface area contributed by atoms with Gasteiger partial charge in [-0.3, -0.25) is 0 Å². The molecule has 0 aliphatic carbocycles. The van der Waals surface area contributed by atoms with E-state index in [1.165, 1.54) is 38.8 Å². The quantitative estimate of drug-likeness (QED) is 0.614. The molecule has 0 aromatic rings. The van der Waals surface area contributed by atoms with Crippen LogP contribution in [0, 0.1) is 0 Å². The Kier molecular flexibility index (Phi) is 5.03. The molecule has 1 aliphatic rings. The van der Waals surface area contributed by atoms with E-state index in [9.17, 15) is 0 Å². The van der Waals surface area contributed by atoms with Gasteiger partial charge in [-0.2, -0.15) is 0 Å². The van der Waals surface area contributed by atoms with Gasteiger partial charge in [0.25, 0.3) is 0 Å². The van der Waals surface area contributed by atoms with Gasteiger partial charge in [0.1, 0.15) is 0 Å². The fourth-order valence-corrected chi connectivity index (χ4v) is 4.57. The molecular weight excluding hydrogens is 174 g/mol. The van der Waals surface area contributed by atoms with Crippen molar-refractivity contribution >= 4 is 9.52 Å². The second kappa shape index (κ2) is 5.81. The third kappa shape index (κ3) is 3.43. The highest BCUT2D eigenvalue weighted by molar-refractivity contribution is 6.39. The lowest BCUT2D eigenvalue weighted by molar-refractivity contribution is 0.300. The third-order valence-electron chi connectivity index (χ3n) is 3.50. The van der Waals surface area contributed by atoms with Crippen LogP contribution in [0.25, 0.3) is 0 Å². The maximum Gasteiger partial charge on any atom is 0.0436 e. The van der Waals surface area contributed by atoms with Gasteiger partial charge in [-0.15, -0.1) is 0 Å². The van der Waals surface area contributed by atoms with Crippen molar-refractivity contribution in [3.05, 3.63) is 0 Å². The minimum Gasteiger partial charge on any atom is -0.304 e. The number of likely N-dealkylation sites (tertiary alicyclic amines) is 1. The number of rotatable bonds is 5. The molecule has 0 aromatic carbocycles. The molecule has 2 atom stereocenters. The lowest BCUT2D eigenvalue weighted by Crippen LogP contribution is -2.38. The van der Waals surface area contributed by atoms with Crippen LogP contribution in [0.1, 0.15) is 46.5 Å². The minimum absolute atomic E-state index is 0.146. The summed E-state index contributed by atoms with van der Waals surface area (Å²) < 4.78 is 0. The van der Waals surface area contributed by atoms with Crippen LogP contribution >= 0.6 is 0 Å². The molecular formula is C11H25NSi. The van der Waals surface area contributed by atoms with Crippen LogP contribution in [-0.4, -0.2) is 33.2 Å². The molecule has 1 nitrogen and oxygen atoms in total. The van der Waals surface area contributed by atoms with Crippen LogP contribution in [0.3, 0.4) is 0 Å². The van der Waals surface area contributed by atoms with Crippen molar-refractivity contribution in [1.82, 2.24) is 4.90 Å². The van der Waals surface area contributed by atoms with Crippen LogP contribution in [0.5, 0.6) is 0 Å². The molecule has 78 valence electrons. The molecule has 1 aliphatic heterocycles. The van der Waals surface area contributed by atoms with Gasteiger partial charge in [-0.1, -0.05) is 32.7 Å². The van der Waals surface area contributed by atoms with Crippen molar-refractivity contribution in [2.24, 2.45) is 0 Å². The zero-order valence-electron chi connectivity index (χ0n) is 9.55. The van der Waals surface area contributed by atoms with Gasteiger partial charge in [0.15, 0.2) is 0 Å². The molecule has 0 saturated carbocycles. The largest absolute Gasteiger partial charge is 0.304 e. The fraction of sp³-hybridized carbons (Fsp3) is 1.00. The second-order valence-electron chi connectivity index (χ2n) is 4.55. The topological polar surface area (TPSA) is 3.24 Å². The van der Waals surface area contributed by atoms with Crippen molar-refractivity contribution in [2.45, 2.75) is 57.7 Å². The predicted molar refractivity (Wildman–Crippen MR) is 63.1 cm³/mol. The van der Waals surface area contributed by atoms with Crippen molar-refractivity contribution in [2.75, 3.05) is 13.1 Å². The Hall–Kier alpha value is 0.177. The van der Waals surface area contributed by atoms with E-state index in [-0.39, 0.29) is 9.52 Å². The van der Waals surface area contributed by atoms with E-state index < -0.39 is 0 Å². The first-order valence-electron chi connectivity index (χ1n) is 6.02. The van der Waals surface area contributed by atoms with E-state index in [2.05, 4.69) is 25.7 Å². The van der Waals surface area contributed by atoms with E-state index >= 15 is 0 Å². The second-order valence-corrected chi connectivity index (χ2v) is 7.36. The average molecular weight is 199 g/mol. The third-order valence-corrected chi connectivity index (χ3v) is 6.52. The highest BCUT2D eigenvalue weighted by atomic mass is 28.2. The van der Waals surface area contributed by atoms with Crippen LogP contribution in [0.15, 0.2) is 0 Å². The number of nitrogens with zero attached hydrogens (tertiary/aromatic N) is 1. The van der Waals surface area contributed by atoms with E-state index in [1.54, 1.807) is 0 Å². The van der Waals surface area contributed by atoms with E-state index in [1.807, 2.05) is 0 Å². The summed E-state index contributed by atoms with van der Waals surface area (Å²) >= 11 is 0. The smallest absolute Gasteiger partial charge is 0.0436 e. The van der Waals surface area contributed by atoms with Gasteiger partial charge < -0.3 is 4.90 Å². The molecule has 1 fully saturated rings. The lowest BCUT2D eigenvalue weighted by Gasteiger charge is -2.28. The Bertz CT molecular complexity index is 132. The van der Waals surface area contributed by atoms with Gasteiger partial charge in [0.2, 0.25) is 0 Å². The van der Waals surface area contributed by atoms with Crippen molar-refractivity contribution in [3.8, 4) is 0 Å². The molecule has 0 N–H and O–H groups in total. The Labute approximate surface area is 85.7 Å². The molecule has 0 bridgehead atoms. The van der Waals surface area contributed by atoms with E-state index in [4.69, 9.17) is 0 Å². The molecule has 0 radical (unpaired) electrons. The zero-order chi connectivity index (χ0) is 9.68. The predicted octanol–water partition coefficient (Wildman–Crippen LogP) is 2.21. The Morgan fingerprint density at radius 3 is 2.23 bits per heavy atom. The van der Waals surface area contributed by atoms with Crippen molar-refractivity contribution < 1.29 is 0 Å². The van der Waals surface area contributed by atoms with Crippen LogP contribution in [0.4, 0.5) is 0 Å². The Balaban J connectivity index is 2.32. The number of hydrogen-bond acceptors (Lipinski definition) is 1. The summed E-state index contributed by atoms with van der Waals surface area (Å²) in [5, 5.41) is 0. The maximum atomic E-state index is 2.76. The molecule has 2 heteroatoms. The first-order valence-corrected chi connectivity index (χ1v) is 7.65. The number of hydrogen-bond donors (Lipinski definition) is 0. The van der Waals surface area contributed by atoms with Crippen LogP contribution in [-0.2, 0) is 0 Å². The van der Waals surface area contributed by atoms with Crippen molar-refractivity contribution in [1.29, 1.82) is 0 Å². The van der Waals surface area contributed by atoms with E-state index in [0.717, 1.165) is 11.2 Å². The van der Waals surface area contributed by atoms with Gasteiger partial charge >= 0.3 is 0 Å². The highest BCUT2D eigenvalue weighted by Gasteiger charge is 2.21. The van der Waals surface area contributed by atoms with Gasteiger partial charge in [0, 0.05) is 9.52 Å². The summed E-state index contributed by atoms with van der Waals surface area (Å²) in [6.45, 7) is 9.95. The molecule has 1 rings (SSSR count). The molecule has 2 unspecified atom stereocenters. The Morgan fingerprint density at radius 1 is 1.15 bits per heavy atom. The maximum absolute atomic E-state index is 2.76.